The first-order chi connectivity index (χ1) is 9.63. The lowest BCUT2D eigenvalue weighted by atomic mass is 10.0. The average Bonchev–Trinajstić information content (AvgIpc) is 2.47. The van der Waals surface area contributed by atoms with E-state index in [1.807, 2.05) is 37.3 Å². The minimum Gasteiger partial charge on any atom is -0.497 e. The van der Waals surface area contributed by atoms with Crippen LogP contribution in [0.25, 0.3) is 11.1 Å². The smallest absolute Gasteiger partial charge is 0.338 e. The molecule has 0 saturated heterocycles. The lowest BCUT2D eigenvalue weighted by Crippen LogP contribution is -2.04. The Labute approximate surface area is 119 Å². The second-order valence-corrected chi connectivity index (χ2v) is 4.54. The maximum Gasteiger partial charge on any atom is 0.338 e. The number of hydrogen-bond acceptors (Lipinski definition) is 3. The van der Waals surface area contributed by atoms with Gasteiger partial charge in [-0.3, -0.25) is 0 Å². The molecule has 2 rings (SSSR count). The van der Waals surface area contributed by atoms with Gasteiger partial charge in [0.15, 0.2) is 0 Å². The number of carbonyl (C=O) groups excluding carboxylic acids is 1. The number of hydrogen-bond donors (Lipinski definition) is 0. The molecular formula is C17H18O3. The van der Waals surface area contributed by atoms with Gasteiger partial charge in [-0.15, -0.1) is 0 Å². The van der Waals surface area contributed by atoms with Gasteiger partial charge < -0.3 is 9.47 Å². The quantitative estimate of drug-likeness (QED) is 0.792. The Bertz CT molecular complexity index is 617. The van der Waals surface area contributed by atoms with Crippen LogP contribution in [0.5, 0.6) is 5.75 Å². The standard InChI is InChI=1S/C17H18O3/c1-4-20-17(18)14-7-5-6-13(10-14)15-8-12(2)9-16(11-15)19-3/h5-11H,4H2,1-3H3. The van der Waals surface area contributed by atoms with Crippen molar-refractivity contribution >= 4 is 5.97 Å². The third-order valence-corrected chi connectivity index (χ3v) is 2.99. The van der Waals surface area contributed by atoms with Crippen LogP contribution >= 0.6 is 0 Å². The summed E-state index contributed by atoms with van der Waals surface area (Å²) in [7, 11) is 1.65. The molecule has 0 heterocycles. The van der Waals surface area contributed by atoms with Crippen LogP contribution in [-0.4, -0.2) is 19.7 Å². The van der Waals surface area contributed by atoms with Crippen LogP contribution in [0.4, 0.5) is 0 Å². The van der Waals surface area contributed by atoms with E-state index in [0.717, 1.165) is 22.4 Å². The van der Waals surface area contributed by atoms with Crippen LogP contribution in [0.3, 0.4) is 0 Å². The highest BCUT2D eigenvalue weighted by Crippen LogP contribution is 2.26. The van der Waals surface area contributed by atoms with Crippen LogP contribution in [0.2, 0.25) is 0 Å². The maximum atomic E-state index is 11.8. The van der Waals surface area contributed by atoms with E-state index in [1.165, 1.54) is 0 Å². The van der Waals surface area contributed by atoms with E-state index < -0.39 is 0 Å². The molecule has 20 heavy (non-hydrogen) atoms. The van der Waals surface area contributed by atoms with Crippen molar-refractivity contribution in [2.75, 3.05) is 13.7 Å². The fraction of sp³-hybridized carbons (Fsp3) is 0.235. The molecule has 0 unspecified atom stereocenters. The summed E-state index contributed by atoms with van der Waals surface area (Å²) < 4.78 is 10.3. The molecule has 0 atom stereocenters. The summed E-state index contributed by atoms with van der Waals surface area (Å²) in [4.78, 5) is 11.8. The molecule has 0 spiro atoms. The second-order valence-electron chi connectivity index (χ2n) is 4.54. The highest BCUT2D eigenvalue weighted by Gasteiger charge is 2.08. The largest absolute Gasteiger partial charge is 0.497 e. The summed E-state index contributed by atoms with van der Waals surface area (Å²) in [5.41, 5.74) is 3.66. The van der Waals surface area contributed by atoms with Crippen molar-refractivity contribution in [3.8, 4) is 16.9 Å². The molecule has 0 bridgehead atoms. The fourth-order valence-corrected chi connectivity index (χ4v) is 2.07. The number of aryl methyl sites for hydroxylation is 1. The zero-order valence-electron chi connectivity index (χ0n) is 12.0. The minimum absolute atomic E-state index is 0.297. The Morgan fingerprint density at radius 3 is 2.60 bits per heavy atom. The van der Waals surface area contributed by atoms with Crippen LogP contribution in [0.15, 0.2) is 42.5 Å². The summed E-state index contributed by atoms with van der Waals surface area (Å²) >= 11 is 0. The molecular weight excluding hydrogens is 252 g/mol. The Hall–Kier alpha value is -2.29. The number of esters is 1. The molecule has 3 heteroatoms. The number of methoxy groups -OCH3 is 1. The Morgan fingerprint density at radius 2 is 1.90 bits per heavy atom. The van der Waals surface area contributed by atoms with Crippen LogP contribution in [0.1, 0.15) is 22.8 Å². The first-order valence-electron chi connectivity index (χ1n) is 6.57. The van der Waals surface area contributed by atoms with Gasteiger partial charge in [0.05, 0.1) is 19.3 Å². The Balaban J connectivity index is 2.40. The summed E-state index contributed by atoms with van der Waals surface area (Å²) in [5, 5.41) is 0. The lowest BCUT2D eigenvalue weighted by Gasteiger charge is -2.08. The molecule has 0 fully saturated rings. The Kier molecular flexibility index (Phi) is 4.41. The number of carbonyl (C=O) groups is 1. The van der Waals surface area contributed by atoms with Gasteiger partial charge in [-0.05, 0) is 54.8 Å². The number of benzene rings is 2. The van der Waals surface area contributed by atoms with E-state index in [9.17, 15) is 4.79 Å². The molecule has 0 aromatic heterocycles. The summed E-state index contributed by atoms with van der Waals surface area (Å²) in [6.07, 6.45) is 0. The van der Waals surface area contributed by atoms with Crippen molar-refractivity contribution in [1.29, 1.82) is 0 Å². The van der Waals surface area contributed by atoms with E-state index >= 15 is 0 Å². The fourth-order valence-electron chi connectivity index (χ4n) is 2.07. The van der Waals surface area contributed by atoms with Gasteiger partial charge in [0.25, 0.3) is 0 Å². The molecule has 0 aliphatic heterocycles. The van der Waals surface area contributed by atoms with Gasteiger partial charge in [-0.2, -0.15) is 0 Å². The number of ether oxygens (including phenoxy) is 2. The summed E-state index contributed by atoms with van der Waals surface area (Å²) in [6, 6.07) is 13.4. The van der Waals surface area contributed by atoms with Crippen LogP contribution in [-0.2, 0) is 4.74 Å². The van der Waals surface area contributed by atoms with Crippen molar-refractivity contribution in [1.82, 2.24) is 0 Å². The third-order valence-electron chi connectivity index (χ3n) is 2.99. The van der Waals surface area contributed by atoms with Crippen molar-refractivity contribution in [2.24, 2.45) is 0 Å². The highest BCUT2D eigenvalue weighted by molar-refractivity contribution is 5.91. The molecule has 0 radical (unpaired) electrons. The van der Waals surface area contributed by atoms with Gasteiger partial charge in [-0.25, -0.2) is 4.79 Å². The highest BCUT2D eigenvalue weighted by atomic mass is 16.5. The van der Waals surface area contributed by atoms with E-state index in [1.54, 1.807) is 20.1 Å². The summed E-state index contributed by atoms with van der Waals surface area (Å²) in [5.74, 6) is 0.510. The second kappa shape index (κ2) is 6.24. The van der Waals surface area contributed by atoms with Crippen molar-refractivity contribution in [2.45, 2.75) is 13.8 Å². The van der Waals surface area contributed by atoms with E-state index in [-0.39, 0.29) is 5.97 Å². The molecule has 3 nitrogen and oxygen atoms in total. The van der Waals surface area contributed by atoms with Gasteiger partial charge in [0, 0.05) is 0 Å². The molecule has 0 saturated carbocycles. The van der Waals surface area contributed by atoms with Gasteiger partial charge in [0.2, 0.25) is 0 Å². The molecule has 0 aliphatic rings. The van der Waals surface area contributed by atoms with E-state index in [2.05, 4.69) is 6.07 Å². The summed E-state index contributed by atoms with van der Waals surface area (Å²) in [6.45, 7) is 4.19. The molecule has 2 aromatic carbocycles. The maximum absolute atomic E-state index is 11.8. The van der Waals surface area contributed by atoms with Crippen molar-refractivity contribution in [3.63, 3.8) is 0 Å². The van der Waals surface area contributed by atoms with Gasteiger partial charge in [-0.1, -0.05) is 18.2 Å². The predicted octanol–water partition coefficient (Wildman–Crippen LogP) is 3.85. The molecule has 104 valence electrons. The topological polar surface area (TPSA) is 35.5 Å². The van der Waals surface area contributed by atoms with Gasteiger partial charge in [0.1, 0.15) is 5.75 Å². The van der Waals surface area contributed by atoms with Gasteiger partial charge >= 0.3 is 5.97 Å². The average molecular weight is 270 g/mol. The first-order valence-corrected chi connectivity index (χ1v) is 6.57. The van der Waals surface area contributed by atoms with Crippen molar-refractivity contribution < 1.29 is 14.3 Å². The molecule has 0 N–H and O–H groups in total. The van der Waals surface area contributed by atoms with Crippen LogP contribution in [0, 0.1) is 6.92 Å². The van der Waals surface area contributed by atoms with E-state index in [0.29, 0.717) is 12.2 Å². The molecule has 0 amide bonds. The third kappa shape index (κ3) is 3.18. The van der Waals surface area contributed by atoms with Crippen LogP contribution < -0.4 is 4.74 Å². The SMILES string of the molecule is CCOC(=O)c1cccc(-c2cc(C)cc(OC)c2)c1. The minimum atomic E-state index is -0.297. The predicted molar refractivity (Wildman–Crippen MR) is 79.1 cm³/mol. The zero-order chi connectivity index (χ0) is 14.5. The Morgan fingerprint density at radius 1 is 1.10 bits per heavy atom. The lowest BCUT2D eigenvalue weighted by molar-refractivity contribution is 0.0526. The molecule has 2 aromatic rings. The zero-order valence-corrected chi connectivity index (χ0v) is 12.0. The number of rotatable bonds is 4. The van der Waals surface area contributed by atoms with E-state index in [4.69, 9.17) is 9.47 Å². The molecule has 0 aliphatic carbocycles. The monoisotopic (exact) mass is 270 g/mol. The first kappa shape index (κ1) is 14.1. The van der Waals surface area contributed by atoms with Crippen molar-refractivity contribution in [3.05, 3.63) is 53.6 Å². The normalized spacial score (nSPS) is 10.2.